The number of nitrogens with one attached hydrogen (secondary N) is 2. The molecule has 4 nitrogen and oxygen atoms in total. The van der Waals surface area contributed by atoms with E-state index in [1.165, 1.54) is 0 Å². The zero-order valence-corrected chi connectivity index (χ0v) is 12.5. The van der Waals surface area contributed by atoms with Gasteiger partial charge in [-0.25, -0.2) is 0 Å². The van der Waals surface area contributed by atoms with Crippen molar-refractivity contribution < 1.29 is 18.0 Å². The summed E-state index contributed by atoms with van der Waals surface area (Å²) in [6.45, 7) is 3.88. The molecular formula is C16H15F3N2O2. The average Bonchev–Trinajstić information content (AvgIpc) is 2.46. The molecule has 23 heavy (non-hydrogen) atoms. The van der Waals surface area contributed by atoms with Gasteiger partial charge in [0, 0.05) is 5.69 Å². The maximum Gasteiger partial charge on any atom is 0.431 e. The molecule has 2 N–H and O–H groups in total. The van der Waals surface area contributed by atoms with Crippen molar-refractivity contribution in [2.45, 2.75) is 25.9 Å². The van der Waals surface area contributed by atoms with Crippen LogP contribution in [0.1, 0.15) is 41.4 Å². The monoisotopic (exact) mass is 324 g/mol. The van der Waals surface area contributed by atoms with E-state index in [4.69, 9.17) is 0 Å². The molecule has 0 unspecified atom stereocenters. The highest BCUT2D eigenvalue weighted by Crippen LogP contribution is 2.27. The van der Waals surface area contributed by atoms with Crippen LogP contribution in [0.3, 0.4) is 0 Å². The summed E-state index contributed by atoms with van der Waals surface area (Å²) >= 11 is 0. The smallest absolute Gasteiger partial charge is 0.322 e. The summed E-state index contributed by atoms with van der Waals surface area (Å²) in [7, 11) is 0. The molecule has 1 aromatic heterocycles. The number of benzene rings is 1. The van der Waals surface area contributed by atoms with Gasteiger partial charge in [-0.2, -0.15) is 13.2 Å². The molecule has 0 fully saturated rings. The fourth-order valence-electron chi connectivity index (χ4n) is 2.12. The molecule has 0 aliphatic carbocycles. The Labute approximate surface area is 130 Å². The van der Waals surface area contributed by atoms with Crippen LogP contribution in [0.4, 0.5) is 18.9 Å². The highest BCUT2D eigenvalue weighted by atomic mass is 19.4. The van der Waals surface area contributed by atoms with Gasteiger partial charge < -0.3 is 10.3 Å². The molecule has 2 rings (SSSR count). The number of aromatic nitrogens is 1. The van der Waals surface area contributed by atoms with Crippen LogP contribution in [0.2, 0.25) is 0 Å². The summed E-state index contributed by atoms with van der Waals surface area (Å²) in [6.07, 6.45) is -4.67. The molecule has 122 valence electrons. The first-order valence-corrected chi connectivity index (χ1v) is 6.91. The van der Waals surface area contributed by atoms with Crippen molar-refractivity contribution in [2.75, 3.05) is 5.32 Å². The molecule has 1 heterocycles. The van der Waals surface area contributed by atoms with E-state index in [0.717, 1.165) is 11.6 Å². The SMILES string of the molecule is CC(C)c1ccccc1NC(=O)c1ccc(C(F)(F)F)[nH]c1=O. The summed E-state index contributed by atoms with van der Waals surface area (Å²) in [5, 5.41) is 2.57. The zero-order chi connectivity index (χ0) is 17.2. The Morgan fingerprint density at radius 2 is 1.78 bits per heavy atom. The first-order valence-electron chi connectivity index (χ1n) is 6.91. The normalized spacial score (nSPS) is 11.6. The third-order valence-corrected chi connectivity index (χ3v) is 3.29. The number of carbonyl (C=O) groups excluding carboxylic acids is 1. The number of para-hydroxylation sites is 1. The summed E-state index contributed by atoms with van der Waals surface area (Å²) in [6, 6.07) is 8.58. The molecule has 1 amide bonds. The molecular weight excluding hydrogens is 309 g/mol. The minimum absolute atomic E-state index is 0.136. The number of anilines is 1. The number of hydrogen-bond acceptors (Lipinski definition) is 2. The standard InChI is InChI=1S/C16H15F3N2O2/c1-9(2)10-5-3-4-6-12(10)20-14(22)11-7-8-13(16(17,18)19)21-15(11)23/h3-9H,1-2H3,(H,20,22)(H,21,23). The van der Waals surface area contributed by atoms with E-state index in [-0.39, 0.29) is 11.5 Å². The van der Waals surface area contributed by atoms with Crippen LogP contribution in [-0.2, 0) is 6.18 Å². The highest BCUT2D eigenvalue weighted by Gasteiger charge is 2.32. The number of halogens is 3. The number of amides is 1. The molecule has 0 aliphatic rings. The largest absolute Gasteiger partial charge is 0.431 e. The van der Waals surface area contributed by atoms with Crippen LogP contribution in [0.25, 0.3) is 0 Å². The average molecular weight is 324 g/mol. The predicted octanol–water partition coefficient (Wildman–Crippen LogP) is 3.77. The van der Waals surface area contributed by atoms with E-state index in [2.05, 4.69) is 5.32 Å². The lowest BCUT2D eigenvalue weighted by atomic mass is 10.0. The second-order valence-corrected chi connectivity index (χ2v) is 5.31. The Hall–Kier alpha value is -2.57. The number of rotatable bonds is 3. The molecule has 1 aromatic carbocycles. The van der Waals surface area contributed by atoms with Crippen LogP contribution in [0.5, 0.6) is 0 Å². The van der Waals surface area contributed by atoms with Gasteiger partial charge in [0.05, 0.1) is 0 Å². The second kappa shape index (κ2) is 6.28. The van der Waals surface area contributed by atoms with Crippen LogP contribution >= 0.6 is 0 Å². The van der Waals surface area contributed by atoms with Gasteiger partial charge in [0.1, 0.15) is 11.3 Å². The van der Waals surface area contributed by atoms with Crippen LogP contribution < -0.4 is 10.9 Å². The van der Waals surface area contributed by atoms with Crippen molar-refractivity contribution >= 4 is 11.6 Å². The zero-order valence-electron chi connectivity index (χ0n) is 12.5. The minimum Gasteiger partial charge on any atom is -0.322 e. The first kappa shape index (κ1) is 16.8. The lowest BCUT2D eigenvalue weighted by Gasteiger charge is -2.13. The van der Waals surface area contributed by atoms with Crippen molar-refractivity contribution in [1.29, 1.82) is 0 Å². The summed E-state index contributed by atoms with van der Waals surface area (Å²) in [5.41, 5.74) is -1.27. The quantitative estimate of drug-likeness (QED) is 0.903. The maximum atomic E-state index is 12.5. The maximum absolute atomic E-state index is 12.5. The molecule has 2 aromatic rings. The summed E-state index contributed by atoms with van der Waals surface area (Å²) < 4.78 is 37.6. The van der Waals surface area contributed by atoms with E-state index in [0.29, 0.717) is 11.8 Å². The van der Waals surface area contributed by atoms with E-state index < -0.39 is 23.3 Å². The first-order chi connectivity index (χ1) is 10.7. The molecule has 0 aliphatic heterocycles. The van der Waals surface area contributed by atoms with Gasteiger partial charge in [-0.15, -0.1) is 0 Å². The topological polar surface area (TPSA) is 62.0 Å². The van der Waals surface area contributed by atoms with Crippen molar-refractivity contribution in [3.05, 3.63) is 63.6 Å². The molecule has 0 saturated carbocycles. The number of aromatic amines is 1. The van der Waals surface area contributed by atoms with Gasteiger partial charge >= 0.3 is 6.18 Å². The summed E-state index contributed by atoms with van der Waals surface area (Å²) in [5.74, 6) is -0.620. The molecule has 0 radical (unpaired) electrons. The van der Waals surface area contributed by atoms with Gasteiger partial charge in [0.2, 0.25) is 0 Å². The van der Waals surface area contributed by atoms with Crippen LogP contribution in [0, 0.1) is 0 Å². The Balaban J connectivity index is 2.31. The van der Waals surface area contributed by atoms with E-state index >= 15 is 0 Å². The lowest BCUT2D eigenvalue weighted by molar-refractivity contribution is -0.141. The fraction of sp³-hybridized carbons (Fsp3) is 0.250. The predicted molar refractivity (Wildman–Crippen MR) is 80.5 cm³/mol. The number of alkyl halides is 3. The molecule has 0 spiro atoms. The summed E-state index contributed by atoms with van der Waals surface area (Å²) in [4.78, 5) is 25.6. The number of pyridine rings is 1. The number of H-pyrrole nitrogens is 1. The van der Waals surface area contributed by atoms with Crippen molar-refractivity contribution in [3.63, 3.8) is 0 Å². The minimum atomic E-state index is -4.67. The van der Waals surface area contributed by atoms with Gasteiger partial charge in [0.15, 0.2) is 0 Å². The van der Waals surface area contributed by atoms with Crippen molar-refractivity contribution in [2.24, 2.45) is 0 Å². The van der Waals surface area contributed by atoms with E-state index in [1.807, 2.05) is 26.0 Å². The fourth-order valence-corrected chi connectivity index (χ4v) is 2.12. The third-order valence-electron chi connectivity index (χ3n) is 3.29. The van der Waals surface area contributed by atoms with Gasteiger partial charge in [-0.05, 0) is 29.7 Å². The Bertz CT molecular complexity index is 779. The number of hydrogen-bond donors (Lipinski definition) is 2. The lowest BCUT2D eigenvalue weighted by Crippen LogP contribution is -2.26. The molecule has 7 heteroatoms. The second-order valence-electron chi connectivity index (χ2n) is 5.31. The Morgan fingerprint density at radius 1 is 1.13 bits per heavy atom. The van der Waals surface area contributed by atoms with Crippen molar-refractivity contribution in [3.8, 4) is 0 Å². The Kier molecular flexibility index (Phi) is 4.58. The van der Waals surface area contributed by atoms with Crippen LogP contribution in [0.15, 0.2) is 41.2 Å². The molecule has 0 saturated heterocycles. The van der Waals surface area contributed by atoms with Gasteiger partial charge in [0.25, 0.3) is 11.5 Å². The van der Waals surface area contributed by atoms with E-state index in [9.17, 15) is 22.8 Å². The van der Waals surface area contributed by atoms with Crippen LogP contribution in [-0.4, -0.2) is 10.9 Å². The third kappa shape index (κ3) is 3.80. The number of carbonyl (C=O) groups is 1. The Morgan fingerprint density at radius 3 is 2.35 bits per heavy atom. The van der Waals surface area contributed by atoms with Crippen molar-refractivity contribution in [1.82, 2.24) is 4.98 Å². The van der Waals surface area contributed by atoms with E-state index in [1.54, 1.807) is 17.1 Å². The van der Waals surface area contributed by atoms with Gasteiger partial charge in [-0.3, -0.25) is 9.59 Å². The highest BCUT2D eigenvalue weighted by molar-refractivity contribution is 6.04. The van der Waals surface area contributed by atoms with Gasteiger partial charge in [-0.1, -0.05) is 32.0 Å². The molecule has 0 atom stereocenters. The molecule has 0 bridgehead atoms.